The number of carbonyl (C=O) groups is 1. The number of phosphoric ester groups is 1. The van der Waals surface area contributed by atoms with Crippen molar-refractivity contribution >= 4 is 13.8 Å². The third-order valence-corrected chi connectivity index (χ3v) is 10.3. The van der Waals surface area contributed by atoms with Crippen LogP contribution in [0.5, 0.6) is 0 Å². The molecule has 330 valence electrons. The van der Waals surface area contributed by atoms with E-state index in [4.69, 9.17) is 18.5 Å². The van der Waals surface area contributed by atoms with Crippen LogP contribution in [0, 0.1) is 0 Å². The highest BCUT2D eigenvalue weighted by atomic mass is 31.2. The van der Waals surface area contributed by atoms with Crippen LogP contribution >= 0.6 is 7.82 Å². The Labute approximate surface area is 351 Å². The Bertz CT molecular complexity index is 1140. The molecule has 0 amide bonds. The predicted molar refractivity (Wildman–Crippen MR) is 242 cm³/mol. The van der Waals surface area contributed by atoms with E-state index in [1.54, 1.807) is 0 Å². The summed E-state index contributed by atoms with van der Waals surface area (Å²) in [6, 6.07) is 0. The van der Waals surface area contributed by atoms with Crippen LogP contribution in [0.3, 0.4) is 0 Å². The fraction of sp³-hybridized carbons (Fsp3) is 0.729. The minimum atomic E-state index is -4.28. The first kappa shape index (κ1) is 54.9. The second-order valence-corrected chi connectivity index (χ2v) is 17.5. The van der Waals surface area contributed by atoms with Gasteiger partial charge in [0.05, 0.1) is 34.4 Å². The highest BCUT2D eigenvalue weighted by Crippen LogP contribution is 2.43. The van der Waals surface area contributed by atoms with Crippen LogP contribution in [0.4, 0.5) is 0 Å². The highest BCUT2D eigenvalue weighted by molar-refractivity contribution is 7.47. The second kappa shape index (κ2) is 40.7. The molecule has 0 radical (unpaired) electrons. The van der Waals surface area contributed by atoms with Gasteiger partial charge < -0.3 is 18.9 Å². The van der Waals surface area contributed by atoms with E-state index in [0.717, 1.165) is 83.5 Å². The monoisotopic (exact) mass is 821 g/mol. The molecule has 0 heterocycles. The average Bonchev–Trinajstić information content (AvgIpc) is 3.16. The summed E-state index contributed by atoms with van der Waals surface area (Å²) in [6.45, 7) is 5.46. The summed E-state index contributed by atoms with van der Waals surface area (Å²) in [7, 11) is 1.64. The lowest BCUT2D eigenvalue weighted by Gasteiger charge is -2.24. The van der Waals surface area contributed by atoms with Gasteiger partial charge in [-0.25, -0.2) is 4.57 Å². The van der Waals surface area contributed by atoms with E-state index in [1.165, 1.54) is 64.2 Å². The molecule has 0 saturated heterocycles. The number of esters is 1. The summed E-state index contributed by atoms with van der Waals surface area (Å²) in [4.78, 5) is 22.9. The Morgan fingerprint density at radius 1 is 0.561 bits per heavy atom. The fourth-order valence-corrected chi connectivity index (χ4v) is 6.53. The van der Waals surface area contributed by atoms with Gasteiger partial charge in [-0.05, 0) is 64.2 Å². The maximum atomic E-state index is 12.7. The molecule has 0 bridgehead atoms. The van der Waals surface area contributed by atoms with E-state index in [-0.39, 0.29) is 25.8 Å². The maximum Gasteiger partial charge on any atom is 0.472 e. The summed E-state index contributed by atoms with van der Waals surface area (Å²) in [5.41, 5.74) is 0. The molecule has 9 heteroatoms. The van der Waals surface area contributed by atoms with E-state index in [2.05, 4.69) is 86.8 Å². The number of nitrogens with zero attached hydrogens (tertiary/aromatic N) is 1. The zero-order chi connectivity index (χ0) is 42.0. The number of likely N-dealkylation sites (N-methyl/N-ethyl adjacent to an activating group) is 1. The van der Waals surface area contributed by atoms with Gasteiger partial charge in [0, 0.05) is 13.0 Å². The van der Waals surface area contributed by atoms with Gasteiger partial charge in [-0.1, -0.05) is 170 Å². The molecule has 2 atom stereocenters. The van der Waals surface area contributed by atoms with Gasteiger partial charge in [0.25, 0.3) is 0 Å². The molecular formula is C48H87NO7P+. The van der Waals surface area contributed by atoms with E-state index >= 15 is 0 Å². The molecule has 8 nitrogen and oxygen atoms in total. The Morgan fingerprint density at radius 3 is 1.53 bits per heavy atom. The van der Waals surface area contributed by atoms with Crippen LogP contribution in [-0.4, -0.2) is 75.6 Å². The van der Waals surface area contributed by atoms with Crippen LogP contribution in [0.1, 0.15) is 168 Å². The van der Waals surface area contributed by atoms with Crippen molar-refractivity contribution < 1.29 is 37.3 Å². The van der Waals surface area contributed by atoms with E-state index in [1.807, 2.05) is 21.1 Å². The molecule has 0 spiro atoms. The maximum absolute atomic E-state index is 12.7. The lowest BCUT2D eigenvalue weighted by Crippen LogP contribution is -2.37. The molecule has 0 aliphatic rings. The number of unbranched alkanes of at least 4 members (excludes halogenated alkanes) is 15. The largest absolute Gasteiger partial charge is 0.472 e. The number of rotatable bonds is 41. The summed E-state index contributed by atoms with van der Waals surface area (Å²) >= 11 is 0. The van der Waals surface area contributed by atoms with Crippen LogP contribution in [0.2, 0.25) is 0 Å². The molecule has 1 N–H and O–H groups in total. The van der Waals surface area contributed by atoms with Crippen molar-refractivity contribution in [2.75, 3.05) is 54.1 Å². The predicted octanol–water partition coefficient (Wildman–Crippen LogP) is 13.5. The molecule has 0 saturated carbocycles. The topological polar surface area (TPSA) is 91.3 Å². The number of hydrogen-bond donors (Lipinski definition) is 1. The average molecular weight is 821 g/mol. The zero-order valence-corrected chi connectivity index (χ0v) is 38.2. The van der Waals surface area contributed by atoms with Crippen molar-refractivity contribution in [3.8, 4) is 0 Å². The Morgan fingerprint density at radius 2 is 1.02 bits per heavy atom. The molecule has 57 heavy (non-hydrogen) atoms. The molecule has 0 rings (SSSR count). The molecule has 2 unspecified atom stereocenters. The first-order chi connectivity index (χ1) is 27.6. The molecule has 0 aromatic heterocycles. The van der Waals surface area contributed by atoms with Crippen molar-refractivity contribution in [3.05, 3.63) is 72.9 Å². The van der Waals surface area contributed by atoms with E-state index in [9.17, 15) is 14.3 Å². The van der Waals surface area contributed by atoms with Gasteiger partial charge >= 0.3 is 13.8 Å². The van der Waals surface area contributed by atoms with Crippen molar-refractivity contribution in [2.45, 2.75) is 174 Å². The lowest BCUT2D eigenvalue weighted by molar-refractivity contribution is -0.870. The Hall–Kier alpha value is -2.06. The highest BCUT2D eigenvalue weighted by Gasteiger charge is 2.26. The second-order valence-electron chi connectivity index (χ2n) is 16.1. The molecule has 0 aliphatic heterocycles. The van der Waals surface area contributed by atoms with Crippen LogP contribution in [0.15, 0.2) is 72.9 Å². The molecule has 0 aromatic carbocycles. The van der Waals surface area contributed by atoms with E-state index < -0.39 is 13.9 Å². The number of carbonyl (C=O) groups excluding carboxylic acids is 1. The van der Waals surface area contributed by atoms with Gasteiger partial charge in [-0.15, -0.1) is 0 Å². The number of allylic oxidation sites excluding steroid dienone is 12. The molecular weight excluding hydrogens is 734 g/mol. The third kappa shape index (κ3) is 44.9. The van der Waals surface area contributed by atoms with Crippen molar-refractivity contribution in [3.63, 3.8) is 0 Å². The SMILES string of the molecule is CC/C=C\C/C=C\C/C=C\C/C=C\C/C=C\C/C=C\CCCCCCC(=O)OC(COCCCCCCCCCCCCCC)COP(=O)(O)OCC[N+](C)(C)C. The quantitative estimate of drug-likeness (QED) is 0.0216. The third-order valence-electron chi connectivity index (χ3n) is 9.28. The van der Waals surface area contributed by atoms with Crippen molar-refractivity contribution in [2.24, 2.45) is 0 Å². The van der Waals surface area contributed by atoms with Gasteiger partial charge in [0.2, 0.25) is 0 Å². The first-order valence-electron chi connectivity index (χ1n) is 22.7. The lowest BCUT2D eigenvalue weighted by atomic mass is 10.1. The number of hydrogen-bond acceptors (Lipinski definition) is 6. The van der Waals surface area contributed by atoms with Gasteiger partial charge in [0.1, 0.15) is 19.3 Å². The van der Waals surface area contributed by atoms with Crippen molar-refractivity contribution in [1.82, 2.24) is 0 Å². The molecule has 0 aromatic rings. The normalized spacial score (nSPS) is 14.4. The minimum absolute atomic E-state index is 0.0806. The number of phosphoric acid groups is 1. The summed E-state index contributed by atoms with van der Waals surface area (Å²) in [5.74, 6) is -0.340. The minimum Gasteiger partial charge on any atom is -0.457 e. The first-order valence-corrected chi connectivity index (χ1v) is 24.2. The molecule has 0 aliphatic carbocycles. The number of quaternary nitrogens is 1. The van der Waals surface area contributed by atoms with Crippen molar-refractivity contribution in [1.29, 1.82) is 0 Å². The van der Waals surface area contributed by atoms with Crippen LogP contribution < -0.4 is 0 Å². The Balaban J connectivity index is 4.26. The smallest absolute Gasteiger partial charge is 0.457 e. The van der Waals surface area contributed by atoms with Crippen LogP contribution in [-0.2, 0) is 27.9 Å². The summed E-state index contributed by atoms with van der Waals surface area (Å²) in [5, 5.41) is 0. The molecule has 0 fully saturated rings. The fourth-order valence-electron chi connectivity index (χ4n) is 5.79. The van der Waals surface area contributed by atoms with Gasteiger partial charge in [-0.3, -0.25) is 13.8 Å². The standard InChI is InChI=1S/C48H86NO7P/c1-6-8-10-12-14-16-18-20-21-22-23-24-25-26-27-28-29-30-31-33-35-37-39-41-48(50)56-47(46-55-57(51,52)54-44-42-49(3,4)5)45-53-43-40-38-36-34-32-19-17-15-13-11-9-7-2/h8,10,14,16,20-21,23-24,26-27,29-30,47H,6-7,9,11-13,15,17-19,22,25,28,31-46H2,1-5H3/p+1/b10-8-,16-14-,21-20-,24-23-,27-26-,30-29-. The summed E-state index contributed by atoms with van der Waals surface area (Å²) < 4.78 is 35.0. The van der Waals surface area contributed by atoms with E-state index in [0.29, 0.717) is 24.1 Å². The van der Waals surface area contributed by atoms with Gasteiger partial charge in [-0.2, -0.15) is 0 Å². The Kier molecular flexibility index (Phi) is 39.2. The zero-order valence-electron chi connectivity index (χ0n) is 37.3. The van der Waals surface area contributed by atoms with Crippen LogP contribution in [0.25, 0.3) is 0 Å². The number of ether oxygens (including phenoxy) is 2. The van der Waals surface area contributed by atoms with Gasteiger partial charge in [0.15, 0.2) is 0 Å². The summed E-state index contributed by atoms with van der Waals surface area (Å²) in [6.07, 6.45) is 52.2.